The van der Waals surface area contributed by atoms with Gasteiger partial charge in [0.25, 0.3) is 5.91 Å². The Kier molecular flexibility index (Phi) is 4.30. The molecule has 0 saturated heterocycles. The summed E-state index contributed by atoms with van der Waals surface area (Å²) in [5.41, 5.74) is 5.30. The first-order valence-corrected chi connectivity index (χ1v) is 4.33. The molecule has 1 aromatic rings. The highest BCUT2D eigenvalue weighted by Crippen LogP contribution is 1.91. The largest absolute Gasteiger partial charge is 0.370 e. The van der Waals surface area contributed by atoms with Crippen LogP contribution in [0.3, 0.4) is 0 Å². The van der Waals surface area contributed by atoms with Crippen LogP contribution in [0.25, 0.3) is 0 Å². The van der Waals surface area contributed by atoms with Crippen molar-refractivity contribution in [3.63, 3.8) is 0 Å². The van der Waals surface area contributed by atoms with Crippen molar-refractivity contribution in [2.24, 2.45) is 5.73 Å². The molecule has 0 saturated carbocycles. The smallest absolute Gasteiger partial charge is 0.254 e. The van der Waals surface area contributed by atoms with E-state index in [4.69, 9.17) is 10.5 Å². The van der Waals surface area contributed by atoms with Crippen molar-refractivity contribution in [1.29, 1.82) is 0 Å². The SMILES string of the molecule is NC(=O)COCCNC(=O)c1cn[nH]c1. The molecular weight excluding hydrogens is 200 g/mol. The molecule has 0 aliphatic heterocycles. The van der Waals surface area contributed by atoms with Gasteiger partial charge in [0, 0.05) is 12.7 Å². The van der Waals surface area contributed by atoms with Gasteiger partial charge < -0.3 is 15.8 Å². The number of primary amides is 1. The summed E-state index contributed by atoms with van der Waals surface area (Å²) in [7, 11) is 0. The first kappa shape index (κ1) is 11.2. The molecule has 0 aliphatic rings. The van der Waals surface area contributed by atoms with E-state index in [1.54, 1.807) is 0 Å². The molecule has 15 heavy (non-hydrogen) atoms. The van der Waals surface area contributed by atoms with Crippen LogP contribution in [-0.4, -0.2) is 41.8 Å². The van der Waals surface area contributed by atoms with E-state index in [0.29, 0.717) is 12.1 Å². The monoisotopic (exact) mass is 212 g/mol. The van der Waals surface area contributed by atoms with Crippen LogP contribution in [0, 0.1) is 0 Å². The summed E-state index contributed by atoms with van der Waals surface area (Å²) in [5, 5.41) is 8.74. The maximum Gasteiger partial charge on any atom is 0.254 e. The van der Waals surface area contributed by atoms with Crippen LogP contribution >= 0.6 is 0 Å². The second-order valence-corrected chi connectivity index (χ2v) is 2.76. The zero-order valence-electron chi connectivity index (χ0n) is 8.03. The molecule has 7 heteroatoms. The van der Waals surface area contributed by atoms with Gasteiger partial charge in [-0.25, -0.2) is 0 Å². The Hall–Kier alpha value is -1.89. The topological polar surface area (TPSA) is 110 Å². The maximum absolute atomic E-state index is 11.3. The molecule has 0 fully saturated rings. The van der Waals surface area contributed by atoms with Gasteiger partial charge in [-0.05, 0) is 0 Å². The van der Waals surface area contributed by atoms with Crippen LogP contribution in [0.5, 0.6) is 0 Å². The summed E-state index contributed by atoms with van der Waals surface area (Å²) in [6, 6.07) is 0. The highest BCUT2D eigenvalue weighted by molar-refractivity contribution is 5.93. The number of hydrogen-bond acceptors (Lipinski definition) is 4. The van der Waals surface area contributed by atoms with Gasteiger partial charge in [0.15, 0.2) is 0 Å². The van der Waals surface area contributed by atoms with Crippen molar-refractivity contribution < 1.29 is 14.3 Å². The van der Waals surface area contributed by atoms with E-state index in [9.17, 15) is 9.59 Å². The number of hydrogen-bond donors (Lipinski definition) is 3. The number of H-pyrrole nitrogens is 1. The van der Waals surface area contributed by atoms with Gasteiger partial charge in [-0.3, -0.25) is 14.7 Å². The summed E-state index contributed by atoms with van der Waals surface area (Å²) in [6.45, 7) is 0.422. The van der Waals surface area contributed by atoms with E-state index in [-0.39, 0.29) is 19.1 Å². The molecule has 1 aromatic heterocycles. The highest BCUT2D eigenvalue weighted by Gasteiger charge is 2.04. The van der Waals surface area contributed by atoms with Gasteiger partial charge in [-0.2, -0.15) is 5.10 Å². The zero-order chi connectivity index (χ0) is 11.1. The second-order valence-electron chi connectivity index (χ2n) is 2.76. The molecule has 0 atom stereocenters. The number of nitrogens with two attached hydrogens (primary N) is 1. The molecular formula is C8H12N4O3. The lowest BCUT2D eigenvalue weighted by atomic mass is 10.3. The van der Waals surface area contributed by atoms with Crippen molar-refractivity contribution in [2.75, 3.05) is 19.8 Å². The summed E-state index contributed by atoms with van der Waals surface area (Å²) in [4.78, 5) is 21.6. The molecule has 2 amide bonds. The predicted octanol–water partition coefficient (Wildman–Crippen LogP) is -1.36. The van der Waals surface area contributed by atoms with E-state index >= 15 is 0 Å². The number of nitrogens with one attached hydrogen (secondary N) is 2. The maximum atomic E-state index is 11.3. The van der Waals surface area contributed by atoms with Crippen LogP contribution in [0.2, 0.25) is 0 Å². The van der Waals surface area contributed by atoms with Crippen molar-refractivity contribution in [3.8, 4) is 0 Å². The Bertz CT molecular complexity index is 323. The normalized spacial score (nSPS) is 9.87. The quantitative estimate of drug-likeness (QED) is 0.506. The molecule has 0 bridgehead atoms. The number of aromatic amines is 1. The molecule has 0 radical (unpaired) electrons. The van der Waals surface area contributed by atoms with E-state index in [1.807, 2.05) is 0 Å². The van der Waals surface area contributed by atoms with E-state index < -0.39 is 5.91 Å². The minimum absolute atomic E-state index is 0.137. The fourth-order valence-electron chi connectivity index (χ4n) is 0.887. The Morgan fingerprint density at radius 2 is 2.40 bits per heavy atom. The van der Waals surface area contributed by atoms with Gasteiger partial charge in [0.2, 0.25) is 5.91 Å². The van der Waals surface area contributed by atoms with E-state index in [2.05, 4.69) is 15.5 Å². The van der Waals surface area contributed by atoms with Crippen molar-refractivity contribution in [1.82, 2.24) is 15.5 Å². The molecule has 0 aliphatic carbocycles. The van der Waals surface area contributed by atoms with E-state index in [1.165, 1.54) is 12.4 Å². The first-order chi connectivity index (χ1) is 7.20. The summed E-state index contributed by atoms with van der Waals surface area (Å²) in [6.07, 6.45) is 2.90. The Labute approximate surface area is 86.0 Å². The highest BCUT2D eigenvalue weighted by atomic mass is 16.5. The lowest BCUT2D eigenvalue weighted by Gasteiger charge is -2.03. The summed E-state index contributed by atoms with van der Waals surface area (Å²) < 4.78 is 4.85. The predicted molar refractivity (Wildman–Crippen MR) is 50.9 cm³/mol. The average molecular weight is 212 g/mol. The third-order valence-corrected chi connectivity index (χ3v) is 1.54. The van der Waals surface area contributed by atoms with Crippen LogP contribution < -0.4 is 11.1 Å². The standard InChI is InChI=1S/C8H12N4O3/c9-7(13)5-15-2-1-10-8(14)6-3-11-12-4-6/h3-4H,1-2,5H2,(H2,9,13)(H,10,14)(H,11,12). The van der Waals surface area contributed by atoms with E-state index in [0.717, 1.165) is 0 Å². The Balaban J connectivity index is 2.10. The molecule has 82 valence electrons. The Morgan fingerprint density at radius 1 is 1.60 bits per heavy atom. The molecule has 1 heterocycles. The third-order valence-electron chi connectivity index (χ3n) is 1.54. The van der Waals surface area contributed by atoms with Crippen LogP contribution in [0.1, 0.15) is 10.4 Å². The summed E-state index contributed by atoms with van der Waals surface area (Å²) >= 11 is 0. The minimum atomic E-state index is -0.531. The van der Waals surface area contributed by atoms with Crippen LogP contribution in [0.15, 0.2) is 12.4 Å². The van der Waals surface area contributed by atoms with Gasteiger partial charge in [0.1, 0.15) is 6.61 Å². The van der Waals surface area contributed by atoms with Crippen molar-refractivity contribution in [2.45, 2.75) is 0 Å². The van der Waals surface area contributed by atoms with Crippen LogP contribution in [0.4, 0.5) is 0 Å². The Morgan fingerprint density at radius 3 is 3.00 bits per heavy atom. The number of carbonyl (C=O) groups excluding carboxylic acids is 2. The fourth-order valence-corrected chi connectivity index (χ4v) is 0.887. The fraction of sp³-hybridized carbons (Fsp3) is 0.375. The number of ether oxygens (including phenoxy) is 1. The van der Waals surface area contributed by atoms with Crippen molar-refractivity contribution in [3.05, 3.63) is 18.0 Å². The molecule has 7 nitrogen and oxygen atoms in total. The van der Waals surface area contributed by atoms with Crippen LogP contribution in [-0.2, 0) is 9.53 Å². The first-order valence-electron chi connectivity index (χ1n) is 4.33. The number of rotatable bonds is 6. The lowest BCUT2D eigenvalue weighted by molar-refractivity contribution is -0.122. The number of carbonyl (C=O) groups is 2. The second kappa shape index (κ2) is 5.76. The van der Waals surface area contributed by atoms with Gasteiger partial charge in [-0.15, -0.1) is 0 Å². The molecule has 0 spiro atoms. The zero-order valence-corrected chi connectivity index (χ0v) is 8.03. The minimum Gasteiger partial charge on any atom is -0.370 e. The molecule has 4 N–H and O–H groups in total. The van der Waals surface area contributed by atoms with Gasteiger partial charge >= 0.3 is 0 Å². The number of aromatic nitrogens is 2. The summed E-state index contributed by atoms with van der Waals surface area (Å²) in [5.74, 6) is -0.775. The lowest BCUT2D eigenvalue weighted by Crippen LogP contribution is -2.28. The molecule has 0 aromatic carbocycles. The number of amides is 2. The third kappa shape index (κ3) is 4.23. The molecule has 0 unspecified atom stereocenters. The number of nitrogens with zero attached hydrogens (tertiary/aromatic N) is 1. The average Bonchev–Trinajstić information content (AvgIpc) is 2.69. The van der Waals surface area contributed by atoms with Gasteiger partial charge in [0.05, 0.1) is 18.4 Å². The van der Waals surface area contributed by atoms with Gasteiger partial charge in [-0.1, -0.05) is 0 Å². The molecule has 1 rings (SSSR count). The van der Waals surface area contributed by atoms with Crippen molar-refractivity contribution >= 4 is 11.8 Å².